The molecule has 28 heavy (non-hydrogen) atoms. The number of nitrogens with one attached hydrogen (secondary N) is 1. The maximum absolute atomic E-state index is 12.6. The fourth-order valence-electron chi connectivity index (χ4n) is 3.16. The second-order valence-electron chi connectivity index (χ2n) is 8.40. The van der Waals surface area contributed by atoms with Crippen molar-refractivity contribution >= 4 is 17.1 Å². The van der Waals surface area contributed by atoms with E-state index in [4.69, 9.17) is 4.98 Å². The van der Waals surface area contributed by atoms with Gasteiger partial charge in [0, 0.05) is 37.8 Å². The number of hydrogen-bond donors (Lipinski definition) is 1. The van der Waals surface area contributed by atoms with Crippen molar-refractivity contribution < 1.29 is 9.32 Å². The first-order valence-electron chi connectivity index (χ1n) is 9.42. The van der Waals surface area contributed by atoms with E-state index in [1.54, 1.807) is 16.2 Å². The molecule has 0 saturated heterocycles. The largest absolute Gasteiger partial charge is 0.364 e. The van der Waals surface area contributed by atoms with Crippen LogP contribution in [0.2, 0.25) is 0 Å². The maximum Gasteiger partial charge on any atom is 0.330 e. The highest BCUT2D eigenvalue weighted by Gasteiger charge is 2.19. The summed E-state index contributed by atoms with van der Waals surface area (Å²) in [4.78, 5) is 29.3. The Morgan fingerprint density at radius 1 is 1.29 bits per heavy atom. The smallest absolute Gasteiger partial charge is 0.330 e. The third-order valence-electron chi connectivity index (χ3n) is 4.67. The van der Waals surface area contributed by atoms with E-state index >= 15 is 0 Å². The lowest BCUT2D eigenvalue weighted by atomic mass is 9.97. The molecule has 1 N–H and O–H groups in total. The molecule has 8 nitrogen and oxygen atoms in total. The number of rotatable bonds is 6. The number of pyridine rings is 1. The Morgan fingerprint density at radius 2 is 2.04 bits per heavy atom. The second-order valence-corrected chi connectivity index (χ2v) is 8.40. The molecular weight excluding hydrogens is 358 g/mol. The molecule has 0 saturated carbocycles. The maximum atomic E-state index is 12.6. The summed E-state index contributed by atoms with van der Waals surface area (Å²) in [5.74, 6) is -0.130. The Bertz CT molecular complexity index is 1020. The van der Waals surface area contributed by atoms with E-state index in [2.05, 4.69) is 42.7 Å². The number of carbonyl (C=O) groups excluding carboxylic acids is 1. The first kappa shape index (κ1) is 19.9. The van der Waals surface area contributed by atoms with Crippen molar-refractivity contribution in [1.82, 2.24) is 24.6 Å². The number of imidazole rings is 1. The van der Waals surface area contributed by atoms with Crippen LogP contribution in [0, 0.1) is 5.41 Å². The third kappa shape index (κ3) is 4.16. The van der Waals surface area contributed by atoms with Crippen LogP contribution in [0.5, 0.6) is 0 Å². The van der Waals surface area contributed by atoms with Crippen LogP contribution >= 0.6 is 0 Å². The standard InChI is InChI=1S/C20H27N5O3/c1-13(8-10-21-18(26)15-9-11-28-23-15)14-6-7-16-17(22-14)24(5)19(27)25(16)12-20(2,3)4/h6-7,9,11,13H,8,10,12H2,1-5H3,(H,21,26). The zero-order valence-electron chi connectivity index (χ0n) is 17.0. The summed E-state index contributed by atoms with van der Waals surface area (Å²) in [6.07, 6.45) is 2.09. The number of aryl methyl sites for hydroxylation is 1. The molecule has 0 aliphatic rings. The molecule has 0 aromatic carbocycles. The molecule has 1 atom stereocenters. The zero-order valence-corrected chi connectivity index (χ0v) is 17.0. The van der Waals surface area contributed by atoms with E-state index in [1.807, 2.05) is 12.1 Å². The summed E-state index contributed by atoms with van der Waals surface area (Å²) in [5.41, 5.74) is 2.63. The number of nitrogens with zero attached hydrogens (tertiary/aromatic N) is 4. The van der Waals surface area contributed by atoms with E-state index < -0.39 is 0 Å². The fraction of sp³-hybridized carbons (Fsp3) is 0.500. The van der Waals surface area contributed by atoms with Crippen molar-refractivity contribution in [3.05, 3.63) is 46.3 Å². The van der Waals surface area contributed by atoms with Gasteiger partial charge >= 0.3 is 5.69 Å². The van der Waals surface area contributed by atoms with Crippen molar-refractivity contribution in [3.63, 3.8) is 0 Å². The summed E-state index contributed by atoms with van der Waals surface area (Å²) >= 11 is 0. The van der Waals surface area contributed by atoms with E-state index in [0.717, 1.165) is 17.6 Å². The second kappa shape index (κ2) is 7.61. The van der Waals surface area contributed by atoms with Gasteiger partial charge in [0.1, 0.15) is 6.26 Å². The summed E-state index contributed by atoms with van der Waals surface area (Å²) in [6.45, 7) is 9.51. The van der Waals surface area contributed by atoms with Crippen LogP contribution in [-0.2, 0) is 13.6 Å². The van der Waals surface area contributed by atoms with Crippen LogP contribution in [0.25, 0.3) is 11.2 Å². The number of fused-ring (bicyclic) bond motifs is 1. The highest BCUT2D eigenvalue weighted by molar-refractivity contribution is 5.91. The minimum Gasteiger partial charge on any atom is -0.364 e. The molecule has 0 radical (unpaired) electrons. The van der Waals surface area contributed by atoms with Gasteiger partial charge in [-0.25, -0.2) is 9.78 Å². The fourth-order valence-corrected chi connectivity index (χ4v) is 3.16. The van der Waals surface area contributed by atoms with Gasteiger partial charge in [0.05, 0.1) is 5.52 Å². The number of hydrogen-bond acceptors (Lipinski definition) is 5. The summed E-state index contributed by atoms with van der Waals surface area (Å²) in [5, 5.41) is 6.44. The molecule has 8 heteroatoms. The molecule has 3 rings (SSSR count). The van der Waals surface area contributed by atoms with E-state index in [0.29, 0.717) is 18.7 Å². The molecule has 3 aromatic rings. The van der Waals surface area contributed by atoms with Crippen molar-refractivity contribution in [3.8, 4) is 0 Å². The molecule has 0 aliphatic heterocycles. The Kier molecular flexibility index (Phi) is 5.40. The third-order valence-corrected chi connectivity index (χ3v) is 4.67. The summed E-state index contributed by atoms with van der Waals surface area (Å²) in [6, 6.07) is 5.46. The predicted octanol–water partition coefficient (Wildman–Crippen LogP) is 2.69. The van der Waals surface area contributed by atoms with E-state index in [9.17, 15) is 9.59 Å². The lowest BCUT2D eigenvalue weighted by Gasteiger charge is -2.18. The monoisotopic (exact) mass is 385 g/mol. The Balaban J connectivity index is 1.74. The lowest BCUT2D eigenvalue weighted by Crippen LogP contribution is -2.27. The molecule has 3 heterocycles. The number of carbonyl (C=O) groups is 1. The predicted molar refractivity (Wildman–Crippen MR) is 106 cm³/mol. The highest BCUT2D eigenvalue weighted by atomic mass is 16.5. The Morgan fingerprint density at radius 3 is 2.68 bits per heavy atom. The van der Waals surface area contributed by atoms with Crippen molar-refractivity contribution in [1.29, 1.82) is 0 Å². The van der Waals surface area contributed by atoms with Crippen LogP contribution in [-0.4, -0.2) is 31.7 Å². The zero-order chi connectivity index (χ0) is 20.5. The molecule has 3 aromatic heterocycles. The van der Waals surface area contributed by atoms with Gasteiger partial charge in [-0.05, 0) is 24.0 Å². The average molecular weight is 385 g/mol. The van der Waals surface area contributed by atoms with Crippen molar-refractivity contribution in [2.45, 2.75) is 46.6 Å². The van der Waals surface area contributed by atoms with Gasteiger partial charge in [0.15, 0.2) is 11.3 Å². The van der Waals surface area contributed by atoms with Gasteiger partial charge in [-0.15, -0.1) is 0 Å². The van der Waals surface area contributed by atoms with Crippen molar-refractivity contribution in [2.75, 3.05) is 6.54 Å². The summed E-state index contributed by atoms with van der Waals surface area (Å²) in [7, 11) is 1.75. The average Bonchev–Trinajstić information content (AvgIpc) is 3.24. The van der Waals surface area contributed by atoms with Gasteiger partial charge in [0.25, 0.3) is 5.91 Å². The first-order valence-corrected chi connectivity index (χ1v) is 9.42. The molecule has 0 aliphatic carbocycles. The normalized spacial score (nSPS) is 13.0. The van der Waals surface area contributed by atoms with Crippen LogP contribution in [0.4, 0.5) is 0 Å². The van der Waals surface area contributed by atoms with Crippen LogP contribution in [0.3, 0.4) is 0 Å². The van der Waals surface area contributed by atoms with Crippen LogP contribution < -0.4 is 11.0 Å². The van der Waals surface area contributed by atoms with Gasteiger partial charge in [-0.1, -0.05) is 32.9 Å². The van der Waals surface area contributed by atoms with Gasteiger partial charge in [0.2, 0.25) is 0 Å². The first-order chi connectivity index (χ1) is 13.2. The minimum absolute atomic E-state index is 0.00781. The Hall–Kier alpha value is -2.90. The minimum atomic E-state index is -0.258. The Labute approximate surface area is 163 Å². The molecule has 0 spiro atoms. The van der Waals surface area contributed by atoms with Crippen LogP contribution in [0.15, 0.2) is 33.8 Å². The van der Waals surface area contributed by atoms with Crippen LogP contribution in [0.1, 0.15) is 56.2 Å². The van der Waals surface area contributed by atoms with Gasteiger partial charge in [-0.3, -0.25) is 13.9 Å². The van der Waals surface area contributed by atoms with E-state index in [-0.39, 0.29) is 28.6 Å². The molecule has 1 unspecified atom stereocenters. The molecule has 0 fully saturated rings. The molecule has 1 amide bonds. The van der Waals surface area contributed by atoms with Gasteiger partial charge in [-0.2, -0.15) is 0 Å². The van der Waals surface area contributed by atoms with E-state index in [1.165, 1.54) is 12.3 Å². The quantitative estimate of drug-likeness (QED) is 0.704. The number of amides is 1. The molecular formula is C20H27N5O3. The topological polar surface area (TPSA) is 95.0 Å². The van der Waals surface area contributed by atoms with Gasteiger partial charge < -0.3 is 9.84 Å². The molecule has 150 valence electrons. The lowest BCUT2D eigenvalue weighted by molar-refractivity contribution is 0.0943. The highest BCUT2D eigenvalue weighted by Crippen LogP contribution is 2.22. The molecule has 0 bridgehead atoms. The van der Waals surface area contributed by atoms with Crippen molar-refractivity contribution in [2.24, 2.45) is 12.5 Å². The summed E-state index contributed by atoms with van der Waals surface area (Å²) < 4.78 is 8.06. The number of aromatic nitrogens is 4. The SMILES string of the molecule is CC(CCNC(=O)c1ccon1)c1ccc2c(n1)n(C)c(=O)n2CC(C)(C)C.